The molecule has 0 saturated carbocycles. The van der Waals surface area contributed by atoms with E-state index in [1.807, 2.05) is 30.3 Å². The molecule has 21 heavy (non-hydrogen) atoms. The van der Waals surface area contributed by atoms with Crippen molar-refractivity contribution in [2.45, 2.75) is 6.36 Å². The number of halogens is 3. The monoisotopic (exact) mass is 297 g/mol. The third kappa shape index (κ3) is 4.39. The van der Waals surface area contributed by atoms with Gasteiger partial charge >= 0.3 is 6.36 Å². The van der Waals surface area contributed by atoms with Crippen molar-refractivity contribution >= 4 is 0 Å². The average molecular weight is 297 g/mol. The van der Waals surface area contributed by atoms with Crippen molar-refractivity contribution in [1.82, 2.24) is 0 Å². The Labute approximate surface area is 120 Å². The van der Waals surface area contributed by atoms with Crippen LogP contribution in [0.4, 0.5) is 13.2 Å². The minimum atomic E-state index is -4.77. The first-order chi connectivity index (χ1) is 9.99. The van der Waals surface area contributed by atoms with Crippen molar-refractivity contribution in [2.24, 2.45) is 5.73 Å². The van der Waals surface area contributed by atoms with Crippen molar-refractivity contribution in [3.8, 4) is 22.6 Å². The molecule has 0 bridgehead atoms. The Balaban J connectivity index is 2.35. The van der Waals surface area contributed by atoms with Crippen LogP contribution in [0.15, 0.2) is 48.5 Å². The van der Waals surface area contributed by atoms with Gasteiger partial charge in [-0.05, 0) is 23.3 Å². The van der Waals surface area contributed by atoms with Crippen LogP contribution in [0.25, 0.3) is 11.1 Å². The second-order valence-electron chi connectivity index (χ2n) is 4.21. The number of nitrogens with two attached hydrogens (primary N) is 1. The molecule has 2 N–H and O–H groups in total. The fraction of sp³-hybridized carbons (Fsp3) is 0.200. The molecule has 0 saturated heterocycles. The van der Waals surface area contributed by atoms with Crippen LogP contribution in [-0.4, -0.2) is 19.5 Å². The molecule has 2 aromatic carbocycles. The Bertz CT molecular complexity index is 585. The molecule has 0 heterocycles. The minimum Gasteiger partial charge on any atom is -0.488 e. The first-order valence-electron chi connectivity index (χ1n) is 6.27. The summed E-state index contributed by atoms with van der Waals surface area (Å²) in [5.74, 6) is -0.366. The maximum absolute atomic E-state index is 12.4. The molecule has 0 aliphatic carbocycles. The molecule has 0 aliphatic heterocycles. The normalized spacial score (nSPS) is 11.2. The van der Waals surface area contributed by atoms with Crippen LogP contribution in [0, 0.1) is 0 Å². The summed E-state index contributed by atoms with van der Waals surface area (Å²) in [6.07, 6.45) is -4.77. The second kappa shape index (κ2) is 6.49. The summed E-state index contributed by atoms with van der Waals surface area (Å²) in [5, 5.41) is 0. The highest BCUT2D eigenvalue weighted by molar-refractivity contribution is 5.67. The third-order valence-electron chi connectivity index (χ3n) is 2.65. The van der Waals surface area contributed by atoms with Gasteiger partial charge in [-0.1, -0.05) is 36.4 Å². The lowest BCUT2D eigenvalue weighted by Crippen LogP contribution is -2.18. The number of hydrogen-bond acceptors (Lipinski definition) is 3. The molecule has 6 heteroatoms. The van der Waals surface area contributed by atoms with Gasteiger partial charge in [-0.3, -0.25) is 0 Å². The van der Waals surface area contributed by atoms with Crippen molar-refractivity contribution in [3.63, 3.8) is 0 Å². The Morgan fingerprint density at radius 1 is 0.905 bits per heavy atom. The number of alkyl halides is 3. The SMILES string of the molecule is NCCOc1cc(-c2ccccc2)ccc1OC(F)(F)F. The van der Waals surface area contributed by atoms with Gasteiger partial charge in [0.1, 0.15) is 6.61 Å². The minimum absolute atomic E-state index is 0.0131. The number of benzene rings is 2. The van der Waals surface area contributed by atoms with Gasteiger partial charge in [0, 0.05) is 6.54 Å². The predicted molar refractivity (Wildman–Crippen MR) is 73.1 cm³/mol. The summed E-state index contributed by atoms with van der Waals surface area (Å²) in [6, 6.07) is 13.5. The first-order valence-corrected chi connectivity index (χ1v) is 6.27. The standard InChI is InChI=1S/C15H14F3NO2/c16-15(17,18)21-13-7-6-12(10-14(13)20-9-8-19)11-4-2-1-3-5-11/h1-7,10H,8-9,19H2. The summed E-state index contributed by atoms with van der Waals surface area (Å²) in [4.78, 5) is 0. The summed E-state index contributed by atoms with van der Waals surface area (Å²) >= 11 is 0. The smallest absolute Gasteiger partial charge is 0.488 e. The molecule has 0 spiro atoms. The number of rotatable bonds is 5. The number of hydrogen-bond donors (Lipinski definition) is 1. The van der Waals surface area contributed by atoms with E-state index < -0.39 is 6.36 Å². The first kappa shape index (κ1) is 15.2. The summed E-state index contributed by atoms with van der Waals surface area (Å²) < 4.78 is 46.3. The Hall–Kier alpha value is -2.21. The lowest BCUT2D eigenvalue weighted by Gasteiger charge is -2.15. The number of ether oxygens (including phenoxy) is 2. The molecule has 0 aliphatic rings. The predicted octanol–water partition coefficient (Wildman–Crippen LogP) is 3.59. The van der Waals surface area contributed by atoms with E-state index in [0.717, 1.165) is 11.1 Å². The molecular formula is C15H14F3NO2. The van der Waals surface area contributed by atoms with E-state index in [9.17, 15) is 13.2 Å². The third-order valence-corrected chi connectivity index (χ3v) is 2.65. The summed E-state index contributed by atoms with van der Waals surface area (Å²) in [6.45, 7) is 0.299. The molecule has 0 aromatic heterocycles. The molecule has 112 valence electrons. The van der Waals surface area contributed by atoms with E-state index in [0.29, 0.717) is 0 Å². The van der Waals surface area contributed by atoms with Crippen molar-refractivity contribution < 1.29 is 22.6 Å². The molecule has 2 rings (SSSR count). The van der Waals surface area contributed by atoms with E-state index >= 15 is 0 Å². The topological polar surface area (TPSA) is 44.5 Å². The summed E-state index contributed by atoms with van der Waals surface area (Å²) in [5.41, 5.74) is 6.92. The van der Waals surface area contributed by atoms with E-state index in [2.05, 4.69) is 4.74 Å². The van der Waals surface area contributed by atoms with Gasteiger partial charge in [-0.25, -0.2) is 0 Å². The second-order valence-corrected chi connectivity index (χ2v) is 4.21. The maximum Gasteiger partial charge on any atom is 0.573 e. The van der Waals surface area contributed by atoms with Crippen LogP contribution < -0.4 is 15.2 Å². The van der Waals surface area contributed by atoms with Crippen LogP contribution in [0.5, 0.6) is 11.5 Å². The van der Waals surface area contributed by atoms with Gasteiger partial charge < -0.3 is 15.2 Å². The Kier molecular flexibility index (Phi) is 4.70. The molecule has 2 aromatic rings. The highest BCUT2D eigenvalue weighted by atomic mass is 19.4. The van der Waals surface area contributed by atoms with Crippen LogP contribution in [0.2, 0.25) is 0 Å². The molecule has 0 unspecified atom stereocenters. The lowest BCUT2D eigenvalue weighted by atomic mass is 10.1. The molecule has 0 amide bonds. The van der Waals surface area contributed by atoms with Crippen molar-refractivity contribution in [1.29, 1.82) is 0 Å². The van der Waals surface area contributed by atoms with Crippen molar-refractivity contribution in [2.75, 3.05) is 13.2 Å². The van der Waals surface area contributed by atoms with Gasteiger partial charge in [0.15, 0.2) is 11.5 Å². The molecule has 0 fully saturated rings. The lowest BCUT2D eigenvalue weighted by molar-refractivity contribution is -0.275. The molecule has 0 radical (unpaired) electrons. The highest BCUT2D eigenvalue weighted by Crippen LogP contribution is 2.35. The zero-order valence-corrected chi connectivity index (χ0v) is 11.1. The Morgan fingerprint density at radius 2 is 1.62 bits per heavy atom. The van der Waals surface area contributed by atoms with Crippen LogP contribution in [0.3, 0.4) is 0 Å². The van der Waals surface area contributed by atoms with E-state index in [4.69, 9.17) is 10.5 Å². The molecular weight excluding hydrogens is 283 g/mol. The molecule has 3 nitrogen and oxygen atoms in total. The van der Waals surface area contributed by atoms with E-state index in [-0.39, 0.29) is 24.7 Å². The zero-order valence-electron chi connectivity index (χ0n) is 11.1. The highest BCUT2D eigenvalue weighted by Gasteiger charge is 2.32. The van der Waals surface area contributed by atoms with Gasteiger partial charge in [-0.2, -0.15) is 0 Å². The van der Waals surface area contributed by atoms with E-state index in [1.165, 1.54) is 12.1 Å². The van der Waals surface area contributed by atoms with Gasteiger partial charge in [-0.15, -0.1) is 13.2 Å². The maximum atomic E-state index is 12.4. The Morgan fingerprint density at radius 3 is 2.24 bits per heavy atom. The quantitative estimate of drug-likeness (QED) is 0.917. The van der Waals surface area contributed by atoms with Crippen molar-refractivity contribution in [3.05, 3.63) is 48.5 Å². The zero-order chi connectivity index (χ0) is 15.3. The van der Waals surface area contributed by atoms with Gasteiger partial charge in [0.05, 0.1) is 0 Å². The van der Waals surface area contributed by atoms with Crippen LogP contribution in [0.1, 0.15) is 0 Å². The fourth-order valence-corrected chi connectivity index (χ4v) is 1.81. The summed E-state index contributed by atoms with van der Waals surface area (Å²) in [7, 11) is 0. The molecule has 0 atom stereocenters. The van der Waals surface area contributed by atoms with Crippen LogP contribution >= 0.6 is 0 Å². The van der Waals surface area contributed by atoms with Gasteiger partial charge in [0.2, 0.25) is 0 Å². The van der Waals surface area contributed by atoms with Crippen LogP contribution in [-0.2, 0) is 0 Å². The average Bonchev–Trinajstić information content (AvgIpc) is 2.45. The van der Waals surface area contributed by atoms with Gasteiger partial charge in [0.25, 0.3) is 0 Å². The van der Waals surface area contributed by atoms with E-state index in [1.54, 1.807) is 6.07 Å². The largest absolute Gasteiger partial charge is 0.573 e. The fourth-order valence-electron chi connectivity index (χ4n) is 1.81.